The topological polar surface area (TPSA) is 49.3 Å². The standard InChI is InChI=1S/C11H12FNO2/c1-6-4-10(6)13-7-2-3-8(11(14)15)9(12)5-7/h2-3,5-6,10,13H,4H2,1H3,(H,14,15). The van der Waals surface area contributed by atoms with Gasteiger partial charge in [-0.3, -0.25) is 0 Å². The molecule has 1 aromatic carbocycles. The van der Waals surface area contributed by atoms with Crippen LogP contribution in [0.25, 0.3) is 0 Å². The lowest BCUT2D eigenvalue weighted by Gasteiger charge is -2.06. The molecule has 1 aromatic rings. The number of carboxylic acids is 1. The van der Waals surface area contributed by atoms with Gasteiger partial charge in [0, 0.05) is 11.7 Å². The highest BCUT2D eigenvalue weighted by Crippen LogP contribution is 2.32. The zero-order valence-corrected chi connectivity index (χ0v) is 8.33. The summed E-state index contributed by atoms with van der Waals surface area (Å²) in [6.45, 7) is 2.11. The molecular weight excluding hydrogens is 197 g/mol. The van der Waals surface area contributed by atoms with Gasteiger partial charge in [-0.15, -0.1) is 0 Å². The summed E-state index contributed by atoms with van der Waals surface area (Å²) in [5.74, 6) is -1.31. The average Bonchev–Trinajstić information content (AvgIpc) is 2.81. The first-order valence-corrected chi connectivity index (χ1v) is 4.87. The van der Waals surface area contributed by atoms with Crippen LogP contribution in [0.15, 0.2) is 18.2 Å². The summed E-state index contributed by atoms with van der Waals surface area (Å²) in [6.07, 6.45) is 1.09. The minimum absolute atomic E-state index is 0.288. The van der Waals surface area contributed by atoms with E-state index in [1.54, 1.807) is 6.07 Å². The lowest BCUT2D eigenvalue weighted by Crippen LogP contribution is -2.06. The Morgan fingerprint density at radius 1 is 1.60 bits per heavy atom. The van der Waals surface area contributed by atoms with Gasteiger partial charge >= 0.3 is 5.97 Å². The van der Waals surface area contributed by atoms with E-state index in [1.165, 1.54) is 12.1 Å². The van der Waals surface area contributed by atoms with E-state index in [9.17, 15) is 9.18 Å². The Morgan fingerprint density at radius 2 is 2.27 bits per heavy atom. The van der Waals surface area contributed by atoms with Crippen molar-refractivity contribution in [2.45, 2.75) is 19.4 Å². The molecule has 4 heteroatoms. The number of rotatable bonds is 3. The maximum Gasteiger partial charge on any atom is 0.338 e. The second-order valence-corrected chi connectivity index (χ2v) is 3.96. The van der Waals surface area contributed by atoms with Crippen LogP contribution in [0.2, 0.25) is 0 Å². The normalized spacial score (nSPS) is 23.6. The van der Waals surface area contributed by atoms with Crippen molar-refractivity contribution in [2.24, 2.45) is 5.92 Å². The first-order valence-electron chi connectivity index (χ1n) is 4.87. The third-order valence-corrected chi connectivity index (χ3v) is 2.66. The van der Waals surface area contributed by atoms with Crippen LogP contribution in [0.4, 0.5) is 10.1 Å². The molecule has 0 heterocycles. The zero-order chi connectivity index (χ0) is 11.0. The van der Waals surface area contributed by atoms with Gasteiger partial charge in [0.1, 0.15) is 5.82 Å². The Labute approximate surface area is 86.9 Å². The summed E-state index contributed by atoms with van der Waals surface area (Å²) in [5.41, 5.74) is 0.358. The van der Waals surface area contributed by atoms with Crippen molar-refractivity contribution in [3.05, 3.63) is 29.6 Å². The number of aromatic carboxylic acids is 1. The Balaban J connectivity index is 2.14. The van der Waals surface area contributed by atoms with Gasteiger partial charge in [-0.1, -0.05) is 6.92 Å². The number of carboxylic acid groups (broad SMARTS) is 1. The van der Waals surface area contributed by atoms with E-state index >= 15 is 0 Å². The predicted octanol–water partition coefficient (Wildman–Crippen LogP) is 2.34. The van der Waals surface area contributed by atoms with Gasteiger partial charge in [-0.2, -0.15) is 0 Å². The molecule has 1 saturated carbocycles. The van der Waals surface area contributed by atoms with Crippen LogP contribution in [0.5, 0.6) is 0 Å². The molecule has 0 bridgehead atoms. The fourth-order valence-electron chi connectivity index (χ4n) is 1.52. The number of carbonyl (C=O) groups is 1. The number of hydrogen-bond acceptors (Lipinski definition) is 2. The molecule has 15 heavy (non-hydrogen) atoms. The molecule has 80 valence electrons. The molecule has 1 aliphatic carbocycles. The molecule has 0 aliphatic heterocycles. The van der Waals surface area contributed by atoms with Crippen molar-refractivity contribution in [1.29, 1.82) is 0 Å². The first-order chi connectivity index (χ1) is 7.08. The number of halogens is 1. The summed E-state index contributed by atoms with van der Waals surface area (Å²) in [6, 6.07) is 4.51. The van der Waals surface area contributed by atoms with Crippen LogP contribution in [-0.4, -0.2) is 17.1 Å². The van der Waals surface area contributed by atoms with E-state index in [1.807, 2.05) is 0 Å². The smallest absolute Gasteiger partial charge is 0.338 e. The van der Waals surface area contributed by atoms with E-state index < -0.39 is 11.8 Å². The van der Waals surface area contributed by atoms with Crippen molar-refractivity contribution >= 4 is 11.7 Å². The van der Waals surface area contributed by atoms with Crippen LogP contribution in [0, 0.1) is 11.7 Å². The zero-order valence-electron chi connectivity index (χ0n) is 8.33. The molecule has 2 atom stereocenters. The molecule has 0 spiro atoms. The molecule has 2 rings (SSSR count). The number of anilines is 1. The number of nitrogens with one attached hydrogen (secondary N) is 1. The largest absolute Gasteiger partial charge is 0.478 e. The number of benzene rings is 1. The molecular formula is C11H12FNO2. The second-order valence-electron chi connectivity index (χ2n) is 3.96. The molecule has 3 nitrogen and oxygen atoms in total. The lowest BCUT2D eigenvalue weighted by atomic mass is 10.2. The number of hydrogen-bond donors (Lipinski definition) is 2. The predicted molar refractivity (Wildman–Crippen MR) is 54.6 cm³/mol. The summed E-state index contributed by atoms with van der Waals surface area (Å²) < 4.78 is 13.2. The van der Waals surface area contributed by atoms with Gasteiger partial charge < -0.3 is 10.4 Å². The molecule has 2 N–H and O–H groups in total. The van der Waals surface area contributed by atoms with Gasteiger partial charge in [0.2, 0.25) is 0 Å². The summed E-state index contributed by atoms with van der Waals surface area (Å²) in [5, 5.41) is 11.8. The summed E-state index contributed by atoms with van der Waals surface area (Å²) in [7, 11) is 0. The minimum Gasteiger partial charge on any atom is -0.478 e. The molecule has 1 aliphatic rings. The highest BCUT2D eigenvalue weighted by atomic mass is 19.1. The average molecular weight is 209 g/mol. The van der Waals surface area contributed by atoms with Gasteiger partial charge in [0.05, 0.1) is 5.56 Å². The third-order valence-electron chi connectivity index (χ3n) is 2.66. The Bertz CT molecular complexity index is 406. The SMILES string of the molecule is CC1CC1Nc1ccc(C(=O)O)c(F)c1. The Kier molecular flexibility index (Phi) is 2.34. The Hall–Kier alpha value is -1.58. The van der Waals surface area contributed by atoms with E-state index in [4.69, 9.17) is 5.11 Å². The van der Waals surface area contributed by atoms with Gasteiger partial charge in [-0.05, 0) is 30.5 Å². The van der Waals surface area contributed by atoms with E-state index in [2.05, 4.69) is 12.2 Å². The van der Waals surface area contributed by atoms with Gasteiger partial charge in [0.15, 0.2) is 0 Å². The molecule has 1 fully saturated rings. The maximum atomic E-state index is 13.2. The van der Waals surface area contributed by atoms with Crippen molar-refractivity contribution in [3.63, 3.8) is 0 Å². The molecule has 0 saturated heterocycles. The molecule has 0 amide bonds. The first kappa shape index (κ1) is 9.96. The summed E-state index contributed by atoms with van der Waals surface area (Å²) in [4.78, 5) is 10.6. The van der Waals surface area contributed by atoms with Crippen molar-refractivity contribution in [3.8, 4) is 0 Å². The van der Waals surface area contributed by atoms with Crippen LogP contribution in [0.1, 0.15) is 23.7 Å². The van der Waals surface area contributed by atoms with E-state index in [0.717, 1.165) is 6.42 Å². The van der Waals surface area contributed by atoms with Gasteiger partial charge in [0.25, 0.3) is 0 Å². The molecule has 2 unspecified atom stereocenters. The van der Waals surface area contributed by atoms with Crippen LogP contribution < -0.4 is 5.32 Å². The van der Waals surface area contributed by atoms with Gasteiger partial charge in [-0.25, -0.2) is 9.18 Å². The second kappa shape index (κ2) is 3.53. The van der Waals surface area contributed by atoms with Crippen molar-refractivity contribution in [1.82, 2.24) is 0 Å². The maximum absolute atomic E-state index is 13.2. The van der Waals surface area contributed by atoms with E-state index in [-0.39, 0.29) is 5.56 Å². The van der Waals surface area contributed by atoms with E-state index in [0.29, 0.717) is 17.6 Å². The fourth-order valence-corrected chi connectivity index (χ4v) is 1.52. The van der Waals surface area contributed by atoms with Crippen LogP contribution in [-0.2, 0) is 0 Å². The molecule has 0 aromatic heterocycles. The van der Waals surface area contributed by atoms with Crippen LogP contribution >= 0.6 is 0 Å². The summed E-state index contributed by atoms with van der Waals surface area (Å²) >= 11 is 0. The highest BCUT2D eigenvalue weighted by Gasteiger charge is 2.32. The molecule has 0 radical (unpaired) electrons. The highest BCUT2D eigenvalue weighted by molar-refractivity contribution is 5.88. The van der Waals surface area contributed by atoms with Crippen molar-refractivity contribution < 1.29 is 14.3 Å². The fraction of sp³-hybridized carbons (Fsp3) is 0.364. The minimum atomic E-state index is -1.24. The lowest BCUT2D eigenvalue weighted by molar-refractivity contribution is 0.0692. The van der Waals surface area contributed by atoms with Crippen LogP contribution in [0.3, 0.4) is 0 Å². The Morgan fingerprint density at radius 3 is 2.73 bits per heavy atom. The third kappa shape index (κ3) is 2.09. The monoisotopic (exact) mass is 209 g/mol. The van der Waals surface area contributed by atoms with Crippen molar-refractivity contribution in [2.75, 3.05) is 5.32 Å². The quantitative estimate of drug-likeness (QED) is 0.803.